The van der Waals surface area contributed by atoms with Crippen LogP contribution in [0.2, 0.25) is 0 Å². The van der Waals surface area contributed by atoms with Crippen molar-refractivity contribution in [1.82, 2.24) is 5.32 Å². The normalized spacial score (nSPS) is 20.5. The van der Waals surface area contributed by atoms with Gasteiger partial charge in [-0.1, -0.05) is 0 Å². The molecular weight excluding hydrogens is 298 g/mol. The van der Waals surface area contributed by atoms with Crippen LogP contribution < -0.4 is 5.32 Å². The number of carboxylic acid groups (broad SMARTS) is 1. The molecule has 0 spiro atoms. The molecule has 2 heterocycles. The van der Waals surface area contributed by atoms with Crippen LogP contribution in [0.3, 0.4) is 0 Å². The molecule has 7 nitrogen and oxygen atoms in total. The first-order valence-electron chi connectivity index (χ1n) is 8.02. The fraction of sp³-hybridized carbons (Fsp3) is 0.750. The van der Waals surface area contributed by atoms with E-state index in [1.165, 1.54) is 0 Å². The Balaban J connectivity index is 1.74. The molecule has 0 aromatic heterocycles. The van der Waals surface area contributed by atoms with Crippen LogP contribution in [0.15, 0.2) is 10.2 Å². The summed E-state index contributed by atoms with van der Waals surface area (Å²) in [5, 5.41) is 19.9. The second-order valence-electron chi connectivity index (χ2n) is 6.14. The van der Waals surface area contributed by atoms with Crippen molar-refractivity contribution in [2.45, 2.75) is 56.7 Å². The average molecular weight is 321 g/mol. The largest absolute Gasteiger partial charge is 0.480 e. The van der Waals surface area contributed by atoms with Gasteiger partial charge in [-0.15, -0.1) is 12.3 Å². The van der Waals surface area contributed by atoms with Crippen molar-refractivity contribution >= 4 is 11.9 Å². The van der Waals surface area contributed by atoms with E-state index < -0.39 is 17.7 Å². The molecule has 1 saturated heterocycles. The predicted molar refractivity (Wildman–Crippen MR) is 82.6 cm³/mol. The first-order chi connectivity index (χ1) is 11.0. The van der Waals surface area contributed by atoms with Crippen LogP contribution in [0.1, 0.15) is 44.9 Å². The Bertz CT molecular complexity index is 500. The molecule has 1 fully saturated rings. The average Bonchev–Trinajstić information content (AvgIpc) is 3.32. The van der Waals surface area contributed by atoms with Crippen LogP contribution in [0.5, 0.6) is 0 Å². The first-order valence-corrected chi connectivity index (χ1v) is 8.02. The summed E-state index contributed by atoms with van der Waals surface area (Å²) in [4.78, 5) is 23.4. The summed E-state index contributed by atoms with van der Waals surface area (Å²) in [6.45, 7) is 1.32. The summed E-state index contributed by atoms with van der Waals surface area (Å²) in [7, 11) is 0. The summed E-state index contributed by atoms with van der Waals surface area (Å²) >= 11 is 0. The van der Waals surface area contributed by atoms with Crippen molar-refractivity contribution in [3.63, 3.8) is 0 Å². The van der Waals surface area contributed by atoms with Crippen molar-refractivity contribution in [3.8, 4) is 12.3 Å². The van der Waals surface area contributed by atoms with Crippen molar-refractivity contribution < 1.29 is 19.4 Å². The van der Waals surface area contributed by atoms with Gasteiger partial charge >= 0.3 is 5.97 Å². The lowest BCUT2D eigenvalue weighted by atomic mass is 9.92. The monoisotopic (exact) mass is 321 g/mol. The van der Waals surface area contributed by atoms with E-state index in [2.05, 4.69) is 21.5 Å². The maximum absolute atomic E-state index is 12.0. The Morgan fingerprint density at radius 2 is 2.04 bits per heavy atom. The standard InChI is InChI=1S/C16H23N3O4/c1-2-3-7-16(18-19-16)8-4-14(20)17-13(15(21)22)11-12-5-9-23-10-6-12/h1,12-13H,3-11H2,(H,17,20)(H,21,22). The number of rotatable bonds is 9. The van der Waals surface area contributed by atoms with Gasteiger partial charge in [0.2, 0.25) is 5.91 Å². The molecule has 2 aliphatic heterocycles. The third kappa shape index (κ3) is 5.64. The fourth-order valence-electron chi connectivity index (χ4n) is 2.79. The minimum absolute atomic E-state index is 0.204. The van der Waals surface area contributed by atoms with Crippen LogP contribution in [0, 0.1) is 18.3 Å². The maximum Gasteiger partial charge on any atom is 0.326 e. The zero-order chi connectivity index (χ0) is 16.7. The number of nitrogens with zero attached hydrogens (tertiary/aromatic N) is 2. The number of carboxylic acids is 1. The quantitative estimate of drug-likeness (QED) is 0.631. The van der Waals surface area contributed by atoms with Crippen molar-refractivity contribution in [3.05, 3.63) is 0 Å². The SMILES string of the molecule is C#CCCC1(CCC(=O)NC(CC2CCOCC2)C(=O)O)N=N1. The summed E-state index contributed by atoms with van der Waals surface area (Å²) in [6, 6.07) is -0.847. The lowest BCUT2D eigenvalue weighted by Gasteiger charge is -2.25. The Labute approximate surface area is 135 Å². The van der Waals surface area contributed by atoms with E-state index in [9.17, 15) is 14.7 Å². The smallest absolute Gasteiger partial charge is 0.326 e. The number of terminal acetylenes is 1. The van der Waals surface area contributed by atoms with E-state index in [0.29, 0.717) is 38.9 Å². The number of amides is 1. The Morgan fingerprint density at radius 1 is 1.35 bits per heavy atom. The van der Waals surface area contributed by atoms with E-state index in [4.69, 9.17) is 11.2 Å². The molecule has 23 heavy (non-hydrogen) atoms. The molecule has 2 N–H and O–H groups in total. The highest BCUT2D eigenvalue weighted by Gasteiger charge is 2.39. The lowest BCUT2D eigenvalue weighted by molar-refractivity contribution is -0.142. The predicted octanol–water partition coefficient (Wildman–Crippen LogP) is 1.73. The summed E-state index contributed by atoms with van der Waals surface area (Å²) < 4.78 is 5.27. The number of nitrogens with one attached hydrogen (secondary N) is 1. The van der Waals surface area contributed by atoms with Crippen LogP contribution in [0.25, 0.3) is 0 Å². The minimum Gasteiger partial charge on any atom is -0.480 e. The van der Waals surface area contributed by atoms with Gasteiger partial charge in [-0.05, 0) is 25.2 Å². The molecule has 0 saturated carbocycles. The van der Waals surface area contributed by atoms with Crippen LogP contribution in [-0.4, -0.2) is 41.9 Å². The molecule has 0 aromatic rings. The second-order valence-corrected chi connectivity index (χ2v) is 6.14. The minimum atomic E-state index is -0.993. The Hall–Kier alpha value is -1.94. The van der Waals surface area contributed by atoms with E-state index in [0.717, 1.165) is 12.8 Å². The highest BCUT2D eigenvalue weighted by molar-refractivity contribution is 5.83. The van der Waals surface area contributed by atoms with Crippen molar-refractivity contribution in [2.24, 2.45) is 16.1 Å². The van der Waals surface area contributed by atoms with Gasteiger partial charge in [0.05, 0.1) is 0 Å². The van der Waals surface area contributed by atoms with Gasteiger partial charge in [-0.25, -0.2) is 4.79 Å². The van der Waals surface area contributed by atoms with Crippen LogP contribution in [0.4, 0.5) is 0 Å². The lowest BCUT2D eigenvalue weighted by Crippen LogP contribution is -2.42. The molecular formula is C16H23N3O4. The Morgan fingerprint density at radius 3 is 2.61 bits per heavy atom. The zero-order valence-corrected chi connectivity index (χ0v) is 13.2. The molecule has 7 heteroatoms. The second kappa shape index (κ2) is 8.06. The summed E-state index contributed by atoms with van der Waals surface area (Å²) in [5.74, 6) is 1.54. The highest BCUT2D eigenvalue weighted by atomic mass is 16.5. The van der Waals surface area contributed by atoms with E-state index in [1.807, 2.05) is 0 Å². The molecule has 1 atom stereocenters. The van der Waals surface area contributed by atoms with Gasteiger partial charge in [0, 0.05) is 38.9 Å². The topological polar surface area (TPSA) is 100 Å². The molecule has 1 unspecified atom stereocenters. The van der Waals surface area contributed by atoms with Gasteiger partial charge in [-0.2, -0.15) is 10.2 Å². The number of hydrogen-bond donors (Lipinski definition) is 2. The first kappa shape index (κ1) is 17.4. The maximum atomic E-state index is 12.0. The number of ether oxygens (including phenoxy) is 1. The molecule has 0 bridgehead atoms. The van der Waals surface area contributed by atoms with E-state index in [-0.39, 0.29) is 18.2 Å². The summed E-state index contributed by atoms with van der Waals surface area (Å²) in [6.07, 6.45) is 9.23. The van der Waals surface area contributed by atoms with Crippen molar-refractivity contribution in [1.29, 1.82) is 0 Å². The van der Waals surface area contributed by atoms with E-state index >= 15 is 0 Å². The number of hydrogen-bond acceptors (Lipinski definition) is 5. The van der Waals surface area contributed by atoms with Gasteiger partial charge in [0.1, 0.15) is 6.04 Å². The number of aliphatic carboxylic acids is 1. The highest BCUT2D eigenvalue weighted by Crippen LogP contribution is 2.37. The van der Waals surface area contributed by atoms with Gasteiger partial charge in [-0.3, -0.25) is 4.79 Å². The van der Waals surface area contributed by atoms with Gasteiger partial charge in [0.25, 0.3) is 0 Å². The fourth-order valence-corrected chi connectivity index (χ4v) is 2.79. The molecule has 1 amide bonds. The molecule has 0 aromatic carbocycles. The number of carbonyl (C=O) groups is 2. The third-order valence-electron chi connectivity index (χ3n) is 4.35. The van der Waals surface area contributed by atoms with Crippen molar-refractivity contribution in [2.75, 3.05) is 13.2 Å². The van der Waals surface area contributed by atoms with E-state index in [1.54, 1.807) is 0 Å². The Kier molecular flexibility index (Phi) is 6.11. The summed E-state index contributed by atoms with van der Waals surface area (Å²) in [5.41, 5.74) is -0.511. The number of carbonyl (C=O) groups excluding carboxylic acids is 1. The third-order valence-corrected chi connectivity index (χ3v) is 4.35. The van der Waals surface area contributed by atoms with Crippen LogP contribution >= 0.6 is 0 Å². The molecule has 2 aliphatic rings. The molecule has 0 aliphatic carbocycles. The molecule has 2 rings (SSSR count). The molecule has 126 valence electrons. The van der Waals surface area contributed by atoms with Gasteiger partial charge < -0.3 is 15.2 Å². The zero-order valence-electron chi connectivity index (χ0n) is 13.2. The van der Waals surface area contributed by atoms with Gasteiger partial charge in [0.15, 0.2) is 5.66 Å². The molecule has 0 radical (unpaired) electrons. The van der Waals surface area contributed by atoms with Crippen LogP contribution in [-0.2, 0) is 14.3 Å².